The van der Waals surface area contributed by atoms with Crippen molar-refractivity contribution in [3.63, 3.8) is 0 Å². The number of hydrogen-bond acceptors (Lipinski definition) is 4. The van der Waals surface area contributed by atoms with Crippen molar-refractivity contribution in [3.8, 4) is 11.5 Å². The van der Waals surface area contributed by atoms with Crippen molar-refractivity contribution in [2.24, 2.45) is 5.29 Å². The van der Waals surface area contributed by atoms with Crippen LogP contribution in [0.2, 0.25) is 0 Å². The molecule has 11 heavy (non-hydrogen) atoms. The molecule has 5 nitrogen and oxygen atoms in total. The lowest BCUT2D eigenvalue weighted by atomic mass is 10.3. The lowest BCUT2D eigenvalue weighted by Crippen LogP contribution is -1.84. The molecule has 0 radical (unpaired) electrons. The third-order valence-corrected chi connectivity index (χ3v) is 1.15. The molecule has 0 aliphatic rings. The SMILES string of the molecule is O=NNc1ccc(O)c(O)c1. The van der Waals surface area contributed by atoms with Gasteiger partial charge in [-0.05, 0) is 12.1 Å². The lowest BCUT2D eigenvalue weighted by molar-refractivity contribution is 0.404. The summed E-state index contributed by atoms with van der Waals surface area (Å²) >= 11 is 0. The highest BCUT2D eigenvalue weighted by molar-refractivity contribution is 5.52. The second-order valence-corrected chi connectivity index (χ2v) is 1.91. The van der Waals surface area contributed by atoms with Gasteiger partial charge in [-0.15, -0.1) is 4.91 Å². The molecule has 0 spiro atoms. The van der Waals surface area contributed by atoms with Gasteiger partial charge in [0.25, 0.3) is 0 Å². The Balaban J connectivity index is 2.95. The van der Waals surface area contributed by atoms with Gasteiger partial charge in [-0.1, -0.05) is 0 Å². The second-order valence-electron chi connectivity index (χ2n) is 1.91. The normalized spacial score (nSPS) is 9.09. The number of anilines is 1. The van der Waals surface area contributed by atoms with Crippen molar-refractivity contribution in [2.75, 3.05) is 5.43 Å². The van der Waals surface area contributed by atoms with Crippen LogP contribution in [0.5, 0.6) is 11.5 Å². The van der Waals surface area contributed by atoms with Gasteiger partial charge in [0.1, 0.15) is 0 Å². The summed E-state index contributed by atoms with van der Waals surface area (Å²) in [7, 11) is 0. The van der Waals surface area contributed by atoms with Crippen molar-refractivity contribution in [1.82, 2.24) is 0 Å². The van der Waals surface area contributed by atoms with Crippen LogP contribution < -0.4 is 5.43 Å². The topological polar surface area (TPSA) is 81.9 Å². The Morgan fingerprint density at radius 3 is 2.55 bits per heavy atom. The molecule has 0 aliphatic carbocycles. The van der Waals surface area contributed by atoms with Gasteiger partial charge >= 0.3 is 0 Å². The van der Waals surface area contributed by atoms with E-state index < -0.39 is 0 Å². The molecular weight excluding hydrogens is 148 g/mol. The summed E-state index contributed by atoms with van der Waals surface area (Å²) in [5.74, 6) is -0.528. The Kier molecular flexibility index (Phi) is 1.91. The van der Waals surface area contributed by atoms with E-state index in [4.69, 9.17) is 10.2 Å². The summed E-state index contributed by atoms with van der Waals surface area (Å²) < 4.78 is 0. The highest BCUT2D eigenvalue weighted by Crippen LogP contribution is 2.27. The number of aromatic hydroxyl groups is 2. The molecule has 0 amide bonds. The molecule has 0 saturated carbocycles. The van der Waals surface area contributed by atoms with Crippen LogP contribution in [0.3, 0.4) is 0 Å². The van der Waals surface area contributed by atoms with E-state index in [1.54, 1.807) is 0 Å². The molecule has 0 saturated heterocycles. The Labute approximate surface area is 62.2 Å². The van der Waals surface area contributed by atoms with Crippen molar-refractivity contribution >= 4 is 5.69 Å². The van der Waals surface area contributed by atoms with Gasteiger partial charge in [0, 0.05) is 6.07 Å². The number of rotatable bonds is 2. The van der Waals surface area contributed by atoms with Crippen LogP contribution in [0.1, 0.15) is 0 Å². The van der Waals surface area contributed by atoms with E-state index >= 15 is 0 Å². The Bertz CT molecular complexity index is 275. The predicted octanol–water partition coefficient (Wildman–Crippen LogP) is 1.19. The molecule has 0 fully saturated rings. The summed E-state index contributed by atoms with van der Waals surface area (Å²) in [6.07, 6.45) is 0. The minimum Gasteiger partial charge on any atom is -0.504 e. The zero-order valence-electron chi connectivity index (χ0n) is 5.48. The Morgan fingerprint density at radius 2 is 2.00 bits per heavy atom. The van der Waals surface area contributed by atoms with Gasteiger partial charge < -0.3 is 10.2 Å². The molecule has 5 heteroatoms. The number of nitrogens with zero attached hydrogens (tertiary/aromatic N) is 1. The largest absolute Gasteiger partial charge is 0.504 e. The zero-order chi connectivity index (χ0) is 8.27. The second kappa shape index (κ2) is 2.87. The van der Waals surface area contributed by atoms with E-state index in [0.717, 1.165) is 0 Å². The first-order chi connectivity index (χ1) is 5.24. The molecule has 0 aromatic heterocycles. The minimum absolute atomic E-state index is 0.235. The van der Waals surface area contributed by atoms with Crippen LogP contribution in [0.15, 0.2) is 23.5 Å². The summed E-state index contributed by atoms with van der Waals surface area (Å²) in [4.78, 5) is 9.67. The highest BCUT2D eigenvalue weighted by atomic mass is 16.3. The average molecular weight is 154 g/mol. The first-order valence-electron chi connectivity index (χ1n) is 2.84. The summed E-state index contributed by atoms with van der Waals surface area (Å²) in [6, 6.07) is 3.86. The number of nitrogens with one attached hydrogen (secondary N) is 1. The zero-order valence-corrected chi connectivity index (χ0v) is 5.48. The van der Waals surface area contributed by atoms with Gasteiger partial charge in [0.05, 0.1) is 11.0 Å². The fourth-order valence-corrected chi connectivity index (χ4v) is 0.646. The fourth-order valence-electron chi connectivity index (χ4n) is 0.646. The first kappa shape index (κ1) is 7.33. The average Bonchev–Trinajstić information content (AvgIpc) is 1.98. The van der Waals surface area contributed by atoms with E-state index in [0.29, 0.717) is 5.69 Å². The van der Waals surface area contributed by atoms with Crippen molar-refractivity contribution in [2.45, 2.75) is 0 Å². The maximum absolute atomic E-state index is 9.67. The van der Waals surface area contributed by atoms with Crippen LogP contribution >= 0.6 is 0 Å². The summed E-state index contributed by atoms with van der Waals surface area (Å²) in [5, 5.41) is 20.1. The number of nitroso groups, excluding NO2 is 1. The molecule has 0 bridgehead atoms. The smallest absolute Gasteiger partial charge is 0.159 e. The van der Waals surface area contributed by atoms with Gasteiger partial charge in [0.15, 0.2) is 11.5 Å². The van der Waals surface area contributed by atoms with Crippen LogP contribution in [0.4, 0.5) is 5.69 Å². The molecule has 58 valence electrons. The quantitative estimate of drug-likeness (QED) is 0.258. The molecule has 0 heterocycles. The van der Waals surface area contributed by atoms with E-state index in [1.165, 1.54) is 18.2 Å². The van der Waals surface area contributed by atoms with Gasteiger partial charge in [-0.2, -0.15) is 0 Å². The standard InChI is InChI=1S/C6H6N2O3/c9-5-2-1-4(7-8-11)3-6(5)10/h1-3,9-10H,(H,7,11). The Morgan fingerprint density at radius 1 is 1.27 bits per heavy atom. The van der Waals surface area contributed by atoms with Crippen molar-refractivity contribution in [1.29, 1.82) is 0 Å². The van der Waals surface area contributed by atoms with Crippen LogP contribution in [0.25, 0.3) is 0 Å². The third kappa shape index (κ3) is 1.57. The van der Waals surface area contributed by atoms with E-state index in [1.807, 2.05) is 0 Å². The number of hydrogen-bond donors (Lipinski definition) is 3. The molecule has 0 atom stereocenters. The fraction of sp³-hybridized carbons (Fsp3) is 0. The molecular formula is C6H6N2O3. The number of phenolic OH excluding ortho intramolecular Hbond substituents is 2. The lowest BCUT2D eigenvalue weighted by Gasteiger charge is -1.99. The molecule has 1 aromatic carbocycles. The number of benzene rings is 1. The van der Waals surface area contributed by atoms with Gasteiger partial charge in [0.2, 0.25) is 0 Å². The van der Waals surface area contributed by atoms with E-state index in [-0.39, 0.29) is 11.5 Å². The number of phenols is 2. The molecule has 1 rings (SSSR count). The van der Waals surface area contributed by atoms with Crippen LogP contribution in [-0.4, -0.2) is 10.2 Å². The summed E-state index contributed by atoms with van der Waals surface area (Å²) in [5.41, 5.74) is 2.40. The predicted molar refractivity (Wildman–Crippen MR) is 39.2 cm³/mol. The third-order valence-electron chi connectivity index (χ3n) is 1.15. The first-order valence-corrected chi connectivity index (χ1v) is 2.84. The monoisotopic (exact) mass is 154 g/mol. The van der Waals surface area contributed by atoms with E-state index in [9.17, 15) is 4.91 Å². The van der Waals surface area contributed by atoms with Gasteiger partial charge in [-0.3, -0.25) is 0 Å². The molecule has 0 unspecified atom stereocenters. The molecule has 3 N–H and O–H groups in total. The molecule has 0 aliphatic heterocycles. The van der Waals surface area contributed by atoms with Crippen molar-refractivity contribution in [3.05, 3.63) is 23.1 Å². The highest BCUT2D eigenvalue weighted by Gasteiger charge is 1.98. The Hall–Kier alpha value is -1.78. The van der Waals surface area contributed by atoms with Crippen LogP contribution in [-0.2, 0) is 0 Å². The molecule has 1 aromatic rings. The van der Waals surface area contributed by atoms with E-state index in [2.05, 4.69) is 10.7 Å². The van der Waals surface area contributed by atoms with Crippen LogP contribution in [0, 0.1) is 4.91 Å². The summed E-state index contributed by atoms with van der Waals surface area (Å²) in [6.45, 7) is 0. The van der Waals surface area contributed by atoms with Gasteiger partial charge in [-0.25, -0.2) is 5.43 Å². The minimum atomic E-state index is -0.293. The maximum Gasteiger partial charge on any atom is 0.159 e. The maximum atomic E-state index is 9.67. The van der Waals surface area contributed by atoms with Crippen molar-refractivity contribution < 1.29 is 10.2 Å².